The molecule has 110 valence electrons. The van der Waals surface area contributed by atoms with E-state index in [0.717, 1.165) is 22.1 Å². The number of hydrogen-bond acceptors (Lipinski definition) is 5. The number of fused-ring (bicyclic) bond motifs is 1. The Hall–Kier alpha value is -1.88. The predicted molar refractivity (Wildman–Crippen MR) is 81.2 cm³/mol. The molecule has 0 bridgehead atoms. The number of nitrogens with zero attached hydrogens (tertiary/aromatic N) is 1. The van der Waals surface area contributed by atoms with E-state index in [1.165, 1.54) is 5.56 Å². The second-order valence-corrected chi connectivity index (χ2v) is 6.23. The second-order valence-electron chi connectivity index (χ2n) is 5.00. The third-order valence-corrected chi connectivity index (χ3v) is 4.64. The monoisotopic (exact) mass is 303 g/mol. The van der Waals surface area contributed by atoms with E-state index in [0.29, 0.717) is 18.9 Å². The number of benzene rings is 1. The summed E-state index contributed by atoms with van der Waals surface area (Å²) in [7, 11) is 0. The molecule has 0 aliphatic carbocycles. The van der Waals surface area contributed by atoms with Gasteiger partial charge >= 0.3 is 5.97 Å². The summed E-state index contributed by atoms with van der Waals surface area (Å²) in [6.07, 6.45) is 0.894. The van der Waals surface area contributed by atoms with Gasteiger partial charge in [-0.1, -0.05) is 18.2 Å². The topological polar surface area (TPSA) is 48.4 Å². The molecule has 5 heteroatoms. The van der Waals surface area contributed by atoms with Crippen LogP contribution in [-0.4, -0.2) is 24.2 Å². The third kappa shape index (κ3) is 2.78. The van der Waals surface area contributed by atoms with Gasteiger partial charge < -0.3 is 9.47 Å². The fraction of sp³-hybridized carbons (Fsp3) is 0.375. The van der Waals surface area contributed by atoms with E-state index in [9.17, 15) is 4.79 Å². The van der Waals surface area contributed by atoms with Crippen LogP contribution in [0, 0.1) is 6.92 Å². The Bertz CT molecular complexity index is 665. The molecule has 2 aromatic rings. The van der Waals surface area contributed by atoms with Gasteiger partial charge in [0.2, 0.25) is 0 Å². The Morgan fingerprint density at radius 2 is 2.29 bits per heavy atom. The molecule has 0 saturated carbocycles. The van der Waals surface area contributed by atoms with E-state index in [4.69, 9.17) is 9.47 Å². The molecule has 0 amide bonds. The first-order valence-corrected chi connectivity index (χ1v) is 7.85. The quantitative estimate of drug-likeness (QED) is 0.816. The zero-order chi connectivity index (χ0) is 14.8. The Morgan fingerprint density at radius 3 is 3.10 bits per heavy atom. The minimum Gasteiger partial charge on any atom is -0.493 e. The molecule has 1 aliphatic rings. The van der Waals surface area contributed by atoms with E-state index in [1.807, 2.05) is 25.1 Å². The number of carbonyl (C=O) groups excluding carboxylic acids is 1. The lowest BCUT2D eigenvalue weighted by Crippen LogP contribution is -2.19. The van der Waals surface area contributed by atoms with Gasteiger partial charge in [-0.05, 0) is 31.9 Å². The number of ether oxygens (including phenoxy) is 2. The van der Waals surface area contributed by atoms with Crippen LogP contribution in [-0.2, 0) is 11.2 Å². The number of carbonyl (C=O) groups is 1. The molecule has 4 nitrogen and oxygen atoms in total. The van der Waals surface area contributed by atoms with Crippen LogP contribution >= 0.6 is 11.3 Å². The summed E-state index contributed by atoms with van der Waals surface area (Å²) >= 11 is 1.56. The van der Waals surface area contributed by atoms with Crippen molar-refractivity contribution in [2.45, 2.75) is 26.2 Å². The number of para-hydroxylation sites is 1. The van der Waals surface area contributed by atoms with E-state index < -0.39 is 0 Å². The summed E-state index contributed by atoms with van der Waals surface area (Å²) in [4.78, 5) is 17.2. The first-order chi connectivity index (χ1) is 10.2. The minimum absolute atomic E-state index is 0.201. The molecule has 3 rings (SSSR count). The molecular weight excluding hydrogens is 286 g/mol. The minimum atomic E-state index is -0.338. The summed E-state index contributed by atoms with van der Waals surface area (Å²) in [5.74, 6) is 0.814. The van der Waals surface area contributed by atoms with Crippen LogP contribution in [0.1, 0.15) is 38.8 Å². The Labute approximate surface area is 127 Å². The van der Waals surface area contributed by atoms with Crippen molar-refractivity contribution in [3.05, 3.63) is 45.4 Å². The van der Waals surface area contributed by atoms with Crippen molar-refractivity contribution in [3.8, 4) is 5.75 Å². The largest absolute Gasteiger partial charge is 0.493 e. The van der Waals surface area contributed by atoms with Gasteiger partial charge in [-0.3, -0.25) is 0 Å². The van der Waals surface area contributed by atoms with Crippen molar-refractivity contribution < 1.29 is 14.3 Å². The predicted octanol–water partition coefficient (Wildman–Crippen LogP) is 3.35. The summed E-state index contributed by atoms with van der Waals surface area (Å²) < 4.78 is 10.8. The number of hydrogen-bond donors (Lipinski definition) is 0. The first kappa shape index (κ1) is 14.1. The number of aromatic nitrogens is 1. The molecule has 1 atom stereocenters. The molecule has 21 heavy (non-hydrogen) atoms. The second kappa shape index (κ2) is 5.85. The van der Waals surface area contributed by atoms with Crippen molar-refractivity contribution in [2.24, 2.45) is 0 Å². The van der Waals surface area contributed by atoms with E-state index in [1.54, 1.807) is 18.3 Å². The zero-order valence-electron chi connectivity index (χ0n) is 12.1. The average molecular weight is 303 g/mol. The molecule has 1 aliphatic heterocycles. The highest BCUT2D eigenvalue weighted by Gasteiger charge is 2.26. The number of rotatable bonds is 3. The molecule has 0 fully saturated rings. The Kier molecular flexibility index (Phi) is 3.92. The van der Waals surface area contributed by atoms with Crippen molar-refractivity contribution in [2.75, 3.05) is 13.2 Å². The van der Waals surface area contributed by atoms with E-state index in [-0.39, 0.29) is 11.9 Å². The van der Waals surface area contributed by atoms with Gasteiger partial charge in [0, 0.05) is 10.8 Å². The Morgan fingerprint density at radius 1 is 1.48 bits per heavy atom. The molecular formula is C16H17NO3S. The lowest BCUT2D eigenvalue weighted by Gasteiger charge is -2.23. The van der Waals surface area contributed by atoms with Crippen LogP contribution in [0.5, 0.6) is 5.75 Å². The van der Waals surface area contributed by atoms with Gasteiger partial charge in [0.05, 0.1) is 13.2 Å². The number of thiazole rings is 1. The van der Waals surface area contributed by atoms with E-state index >= 15 is 0 Å². The van der Waals surface area contributed by atoms with Gasteiger partial charge in [0.15, 0.2) is 5.69 Å². The number of aryl methyl sites for hydroxylation is 1. The van der Waals surface area contributed by atoms with Crippen LogP contribution in [0.3, 0.4) is 0 Å². The van der Waals surface area contributed by atoms with Crippen LogP contribution in [0.25, 0.3) is 0 Å². The Balaban J connectivity index is 1.83. The molecule has 2 heterocycles. The fourth-order valence-electron chi connectivity index (χ4n) is 2.47. The lowest BCUT2D eigenvalue weighted by molar-refractivity contribution is 0.0519. The maximum Gasteiger partial charge on any atom is 0.358 e. The van der Waals surface area contributed by atoms with Crippen molar-refractivity contribution in [1.82, 2.24) is 4.98 Å². The molecule has 0 spiro atoms. The molecule has 1 aromatic heterocycles. The summed E-state index contributed by atoms with van der Waals surface area (Å²) in [5, 5.41) is 0.949. The summed E-state index contributed by atoms with van der Waals surface area (Å²) in [6.45, 7) is 4.68. The van der Waals surface area contributed by atoms with Gasteiger partial charge in [0.25, 0.3) is 0 Å². The molecule has 1 unspecified atom stereocenters. The van der Waals surface area contributed by atoms with Crippen LogP contribution in [0.2, 0.25) is 0 Å². The average Bonchev–Trinajstić information content (AvgIpc) is 2.89. The molecule has 1 aromatic carbocycles. The van der Waals surface area contributed by atoms with Gasteiger partial charge in [-0.2, -0.15) is 0 Å². The van der Waals surface area contributed by atoms with Crippen molar-refractivity contribution in [3.63, 3.8) is 0 Å². The lowest BCUT2D eigenvalue weighted by atomic mass is 9.97. The van der Waals surface area contributed by atoms with E-state index in [2.05, 4.69) is 11.1 Å². The highest BCUT2D eigenvalue weighted by molar-refractivity contribution is 7.12. The van der Waals surface area contributed by atoms with Gasteiger partial charge in [-0.25, -0.2) is 9.78 Å². The summed E-state index contributed by atoms with van der Waals surface area (Å²) in [6, 6.07) is 8.06. The standard InChI is InChI=1S/C16H17NO3S/c1-3-19-16(18)14-10(2)21-15(17-14)12-8-11-6-4-5-7-13(11)20-9-12/h4-7,12H,3,8-9H2,1-2H3. The highest BCUT2D eigenvalue weighted by Crippen LogP contribution is 2.34. The van der Waals surface area contributed by atoms with Crippen molar-refractivity contribution in [1.29, 1.82) is 0 Å². The maximum absolute atomic E-state index is 11.9. The van der Waals surface area contributed by atoms with Crippen LogP contribution in [0.4, 0.5) is 0 Å². The SMILES string of the molecule is CCOC(=O)c1nc(C2COc3ccccc3C2)sc1C. The molecule has 0 N–H and O–H groups in total. The smallest absolute Gasteiger partial charge is 0.358 e. The normalized spacial score (nSPS) is 17.0. The van der Waals surface area contributed by atoms with Gasteiger partial charge in [-0.15, -0.1) is 11.3 Å². The number of esters is 1. The highest BCUT2D eigenvalue weighted by atomic mass is 32.1. The van der Waals surface area contributed by atoms with Crippen LogP contribution in [0.15, 0.2) is 24.3 Å². The fourth-order valence-corrected chi connectivity index (χ4v) is 3.46. The molecule has 0 radical (unpaired) electrons. The summed E-state index contributed by atoms with van der Waals surface area (Å²) in [5.41, 5.74) is 1.63. The maximum atomic E-state index is 11.9. The first-order valence-electron chi connectivity index (χ1n) is 7.04. The zero-order valence-corrected chi connectivity index (χ0v) is 12.9. The molecule has 0 saturated heterocycles. The third-order valence-electron chi connectivity index (χ3n) is 3.51. The van der Waals surface area contributed by atoms with Gasteiger partial charge in [0.1, 0.15) is 10.8 Å². The van der Waals surface area contributed by atoms with Crippen molar-refractivity contribution >= 4 is 17.3 Å². The van der Waals surface area contributed by atoms with Crippen LogP contribution < -0.4 is 4.74 Å².